The van der Waals surface area contributed by atoms with Gasteiger partial charge >= 0.3 is 5.97 Å². The minimum atomic E-state index is -0.250. The van der Waals surface area contributed by atoms with Crippen LogP contribution in [0.4, 0.5) is 5.69 Å². The number of rotatable bonds is 5. The summed E-state index contributed by atoms with van der Waals surface area (Å²) in [6, 6.07) is 8.07. The Labute approximate surface area is 124 Å². The summed E-state index contributed by atoms with van der Waals surface area (Å²) in [6.07, 6.45) is 0.654. The van der Waals surface area contributed by atoms with Gasteiger partial charge in [-0.1, -0.05) is 17.7 Å². The molecule has 1 amide bonds. The Morgan fingerprint density at radius 3 is 2.24 bits per heavy atom. The third-order valence-electron chi connectivity index (χ3n) is 2.02. The molecule has 1 aromatic carbocycles. The quantitative estimate of drug-likeness (QED) is 0.554. The molecule has 0 spiro atoms. The number of carbonyl (C=O) groups is 3. The van der Waals surface area contributed by atoms with Crippen molar-refractivity contribution in [3.63, 3.8) is 0 Å². The van der Waals surface area contributed by atoms with E-state index in [0.29, 0.717) is 19.6 Å². The van der Waals surface area contributed by atoms with E-state index in [-0.39, 0.29) is 18.9 Å². The molecule has 0 atom stereocenters. The first kappa shape index (κ1) is 20.7. The second-order valence-electron chi connectivity index (χ2n) is 3.59. The Morgan fingerprint density at radius 2 is 1.81 bits per heavy atom. The molecule has 0 heterocycles. The molecule has 0 radical (unpaired) electrons. The lowest BCUT2D eigenvalue weighted by Crippen LogP contribution is -2.11. The number of nitrogens with two attached hydrogens (primary N) is 1. The van der Waals surface area contributed by atoms with Crippen LogP contribution in [0.1, 0.15) is 18.9 Å². The van der Waals surface area contributed by atoms with Crippen LogP contribution in [0, 0.1) is 6.92 Å². The summed E-state index contributed by atoms with van der Waals surface area (Å²) < 4.78 is 4.82. The number of esters is 1. The van der Waals surface area contributed by atoms with E-state index in [2.05, 4.69) is 11.1 Å². The number of carboxylic acid groups (broad SMARTS) is 1. The molecule has 0 unspecified atom stereocenters. The lowest BCUT2D eigenvalue weighted by molar-refractivity contribution is -0.142. The minimum absolute atomic E-state index is 0.155. The van der Waals surface area contributed by atoms with Crippen LogP contribution in [-0.4, -0.2) is 37.1 Å². The van der Waals surface area contributed by atoms with E-state index in [1.54, 1.807) is 0 Å². The van der Waals surface area contributed by atoms with E-state index in [4.69, 9.17) is 19.4 Å². The predicted molar refractivity (Wildman–Crippen MR) is 79.9 cm³/mol. The number of carbonyl (C=O) groups excluding carboxylic acids is 2. The summed E-state index contributed by atoms with van der Waals surface area (Å²) in [5, 5.41) is 10.0. The van der Waals surface area contributed by atoms with Gasteiger partial charge in [0.05, 0.1) is 13.0 Å². The highest BCUT2D eigenvalue weighted by molar-refractivity contribution is 5.70. The Balaban J connectivity index is 0. The number of aryl methyl sites for hydroxylation is 1. The molecule has 0 aliphatic heterocycles. The van der Waals surface area contributed by atoms with Gasteiger partial charge in [-0.2, -0.15) is 0 Å². The fourth-order valence-corrected chi connectivity index (χ4v) is 1.21. The fourth-order valence-electron chi connectivity index (χ4n) is 1.21. The molecule has 7 nitrogen and oxygen atoms in total. The third-order valence-corrected chi connectivity index (χ3v) is 2.02. The smallest absolute Gasteiger partial charge is 0.307 e. The normalized spacial score (nSPS) is 8.10. The molecule has 0 aromatic heterocycles. The number of amides is 1. The zero-order chi connectivity index (χ0) is 16.5. The van der Waals surface area contributed by atoms with Gasteiger partial charge in [0, 0.05) is 12.2 Å². The maximum atomic E-state index is 11.0. The second-order valence-corrected chi connectivity index (χ2v) is 3.59. The van der Waals surface area contributed by atoms with Crippen LogP contribution in [-0.2, 0) is 19.1 Å². The Bertz CT molecular complexity index is 387. The summed E-state index contributed by atoms with van der Waals surface area (Å²) in [4.78, 5) is 28.0. The largest absolute Gasteiger partial charge is 0.483 e. The van der Waals surface area contributed by atoms with Gasteiger partial charge in [0.15, 0.2) is 0 Å². The summed E-state index contributed by atoms with van der Waals surface area (Å²) in [5.41, 5.74) is 6.43. The van der Waals surface area contributed by atoms with Gasteiger partial charge < -0.3 is 20.9 Å². The van der Waals surface area contributed by atoms with E-state index in [1.807, 2.05) is 38.1 Å². The van der Waals surface area contributed by atoms with Crippen molar-refractivity contribution < 1.29 is 24.2 Å². The van der Waals surface area contributed by atoms with Crippen LogP contribution in [0.25, 0.3) is 0 Å². The van der Waals surface area contributed by atoms with E-state index in [1.165, 1.54) is 5.56 Å². The molecular weight excluding hydrogens is 276 g/mol. The molecular formula is C14H22N2O5. The van der Waals surface area contributed by atoms with Crippen LogP contribution in [0.15, 0.2) is 24.3 Å². The number of nitrogens with one attached hydrogen (secondary N) is 1. The SMILES string of the molecule is CCOC(=O)CCNc1ccc(C)cc1.NC=O.O=CO. The fraction of sp³-hybridized carbons (Fsp3) is 0.357. The molecule has 4 N–H and O–H groups in total. The lowest BCUT2D eigenvalue weighted by Gasteiger charge is -2.06. The van der Waals surface area contributed by atoms with E-state index in [0.717, 1.165) is 5.69 Å². The van der Waals surface area contributed by atoms with Gasteiger partial charge in [-0.25, -0.2) is 0 Å². The zero-order valence-electron chi connectivity index (χ0n) is 12.2. The number of hydrogen-bond donors (Lipinski definition) is 3. The molecule has 0 saturated carbocycles. The maximum Gasteiger partial charge on any atom is 0.307 e. The Hall–Kier alpha value is -2.57. The first-order valence-corrected chi connectivity index (χ1v) is 6.25. The number of anilines is 1. The molecule has 118 valence electrons. The highest BCUT2D eigenvalue weighted by Gasteiger charge is 2.00. The van der Waals surface area contributed by atoms with Crippen LogP contribution in [0.3, 0.4) is 0 Å². The molecule has 21 heavy (non-hydrogen) atoms. The average Bonchev–Trinajstić information content (AvgIpc) is 2.43. The summed E-state index contributed by atoms with van der Waals surface area (Å²) in [6.45, 7) is 4.67. The van der Waals surface area contributed by atoms with Crippen LogP contribution in [0.5, 0.6) is 0 Å². The molecule has 0 fully saturated rings. The van der Waals surface area contributed by atoms with E-state index in [9.17, 15) is 4.79 Å². The number of ether oxygens (including phenoxy) is 1. The molecule has 1 aromatic rings. The molecule has 1 rings (SSSR count). The average molecular weight is 298 g/mol. The monoisotopic (exact) mass is 298 g/mol. The first-order chi connectivity index (χ1) is 10.0. The van der Waals surface area contributed by atoms with Crippen molar-refractivity contribution in [3.8, 4) is 0 Å². The first-order valence-electron chi connectivity index (χ1n) is 6.25. The third kappa shape index (κ3) is 15.4. The Morgan fingerprint density at radius 1 is 1.33 bits per heavy atom. The number of benzene rings is 1. The van der Waals surface area contributed by atoms with Crippen LogP contribution < -0.4 is 11.1 Å². The van der Waals surface area contributed by atoms with Gasteiger partial charge in [0.1, 0.15) is 0 Å². The van der Waals surface area contributed by atoms with Gasteiger partial charge in [-0.15, -0.1) is 0 Å². The van der Waals surface area contributed by atoms with E-state index >= 15 is 0 Å². The lowest BCUT2D eigenvalue weighted by atomic mass is 10.2. The van der Waals surface area contributed by atoms with Crippen molar-refractivity contribution in [1.82, 2.24) is 0 Å². The van der Waals surface area contributed by atoms with E-state index < -0.39 is 0 Å². The number of primary amides is 1. The second kappa shape index (κ2) is 15.5. The number of hydrogen-bond acceptors (Lipinski definition) is 5. The van der Waals surface area contributed by atoms with Crippen LogP contribution in [0.2, 0.25) is 0 Å². The summed E-state index contributed by atoms with van der Waals surface area (Å²) in [7, 11) is 0. The van der Waals surface area contributed by atoms with Crippen molar-refractivity contribution in [3.05, 3.63) is 29.8 Å². The zero-order valence-corrected chi connectivity index (χ0v) is 12.2. The van der Waals surface area contributed by atoms with Gasteiger partial charge in [-0.05, 0) is 26.0 Å². The van der Waals surface area contributed by atoms with Crippen molar-refractivity contribution in [1.29, 1.82) is 0 Å². The predicted octanol–water partition coefficient (Wildman–Crippen LogP) is 1.16. The molecule has 0 aliphatic carbocycles. The highest BCUT2D eigenvalue weighted by Crippen LogP contribution is 2.08. The maximum absolute atomic E-state index is 11.0. The Kier molecular flexibility index (Phi) is 15.3. The molecule has 0 saturated heterocycles. The van der Waals surface area contributed by atoms with Crippen molar-refractivity contribution in [2.24, 2.45) is 5.73 Å². The standard InChI is InChI=1S/C12H17NO2.CH3NO.CH2O2/c1-3-15-12(14)8-9-13-11-6-4-10(2)5-7-11;2*2-1-3/h4-7,13H,3,8-9H2,1-2H3;1H,(H2,2,3);1H,(H,2,3). The van der Waals surface area contributed by atoms with Crippen LogP contribution >= 0.6 is 0 Å². The highest BCUT2D eigenvalue weighted by atomic mass is 16.5. The van der Waals surface area contributed by atoms with Gasteiger partial charge in [0.25, 0.3) is 6.47 Å². The summed E-state index contributed by atoms with van der Waals surface area (Å²) >= 11 is 0. The molecule has 0 aliphatic rings. The van der Waals surface area contributed by atoms with Crippen molar-refractivity contribution in [2.75, 3.05) is 18.5 Å². The van der Waals surface area contributed by atoms with Gasteiger partial charge in [-0.3, -0.25) is 14.4 Å². The molecule has 7 heteroatoms. The molecule has 0 bridgehead atoms. The topological polar surface area (TPSA) is 119 Å². The summed E-state index contributed by atoms with van der Waals surface area (Å²) in [5.74, 6) is -0.155. The van der Waals surface area contributed by atoms with Gasteiger partial charge in [0.2, 0.25) is 6.41 Å². The van der Waals surface area contributed by atoms with Crippen molar-refractivity contribution >= 4 is 24.5 Å². The van der Waals surface area contributed by atoms with Crippen molar-refractivity contribution in [2.45, 2.75) is 20.3 Å². The minimum Gasteiger partial charge on any atom is -0.483 e.